The zero-order chi connectivity index (χ0) is 19.1. The molecule has 1 heterocycles. The minimum Gasteiger partial charge on any atom is -0.494 e. The number of aromatic nitrogens is 1. The molecule has 0 spiro atoms. The van der Waals surface area contributed by atoms with Gasteiger partial charge in [-0.3, -0.25) is 4.79 Å². The van der Waals surface area contributed by atoms with Gasteiger partial charge in [-0.25, -0.2) is 4.98 Å². The van der Waals surface area contributed by atoms with Gasteiger partial charge in [0.1, 0.15) is 5.75 Å². The van der Waals surface area contributed by atoms with Crippen LogP contribution in [0.1, 0.15) is 38.2 Å². The van der Waals surface area contributed by atoms with Crippen molar-refractivity contribution in [3.05, 3.63) is 65.5 Å². The Kier molecular flexibility index (Phi) is 6.60. The lowest BCUT2D eigenvalue weighted by Gasteiger charge is -2.10. The second kappa shape index (κ2) is 9.33. The molecular weight excluding hydrogens is 356 g/mol. The number of benzene rings is 2. The van der Waals surface area contributed by atoms with E-state index in [2.05, 4.69) is 24.1 Å². The van der Waals surface area contributed by atoms with Gasteiger partial charge in [0.05, 0.1) is 12.3 Å². The Morgan fingerprint density at radius 1 is 1.15 bits per heavy atom. The van der Waals surface area contributed by atoms with Gasteiger partial charge < -0.3 is 10.1 Å². The fourth-order valence-electron chi connectivity index (χ4n) is 2.75. The molecule has 0 fully saturated rings. The van der Waals surface area contributed by atoms with Crippen LogP contribution < -0.4 is 10.1 Å². The molecule has 0 aliphatic rings. The lowest BCUT2D eigenvalue weighted by atomic mass is 9.98. The van der Waals surface area contributed by atoms with Crippen LogP contribution in [0.15, 0.2) is 60.0 Å². The van der Waals surface area contributed by atoms with Crippen LogP contribution in [0, 0.1) is 0 Å². The molecule has 1 amide bonds. The Bertz CT molecular complexity index is 860. The van der Waals surface area contributed by atoms with Gasteiger partial charge in [0, 0.05) is 17.4 Å². The molecule has 0 aliphatic heterocycles. The molecule has 1 aromatic heterocycles. The van der Waals surface area contributed by atoms with E-state index in [0.717, 1.165) is 29.0 Å². The molecule has 3 rings (SSSR count). The predicted molar refractivity (Wildman–Crippen MR) is 111 cm³/mol. The summed E-state index contributed by atoms with van der Waals surface area (Å²) < 4.78 is 5.60. The quantitative estimate of drug-likeness (QED) is 0.543. The monoisotopic (exact) mass is 380 g/mol. The van der Waals surface area contributed by atoms with E-state index >= 15 is 0 Å². The van der Waals surface area contributed by atoms with Crippen LogP contribution in [0.3, 0.4) is 0 Å². The van der Waals surface area contributed by atoms with Crippen molar-refractivity contribution in [1.29, 1.82) is 0 Å². The second-order valence-electron chi connectivity index (χ2n) is 6.47. The van der Waals surface area contributed by atoms with Gasteiger partial charge in [-0.15, -0.1) is 11.3 Å². The standard InChI is InChI=1S/C22H24N2O2S/c1-3-13-26-19-11-9-18(10-12-19)20-15-27-22(23-20)24-21(25)14-16(2)17-7-5-4-6-8-17/h4-12,15-16H,3,13-14H2,1-2H3,(H,23,24,25)/t16-/m0/s1. The fourth-order valence-corrected chi connectivity index (χ4v) is 3.49. The summed E-state index contributed by atoms with van der Waals surface area (Å²) >= 11 is 1.44. The summed E-state index contributed by atoms with van der Waals surface area (Å²) in [5.74, 6) is 1.01. The Morgan fingerprint density at radius 3 is 2.59 bits per heavy atom. The first-order valence-electron chi connectivity index (χ1n) is 9.19. The molecule has 3 aromatic rings. The molecule has 0 unspecified atom stereocenters. The molecule has 1 N–H and O–H groups in total. The van der Waals surface area contributed by atoms with E-state index in [0.29, 0.717) is 18.2 Å². The van der Waals surface area contributed by atoms with Crippen LogP contribution in [0.4, 0.5) is 5.13 Å². The maximum absolute atomic E-state index is 12.3. The van der Waals surface area contributed by atoms with Crippen LogP contribution >= 0.6 is 11.3 Å². The maximum Gasteiger partial charge on any atom is 0.226 e. The van der Waals surface area contributed by atoms with Gasteiger partial charge in [-0.1, -0.05) is 44.2 Å². The number of nitrogens with zero attached hydrogens (tertiary/aromatic N) is 1. The summed E-state index contributed by atoms with van der Waals surface area (Å²) in [6.45, 7) is 4.86. The molecule has 0 aliphatic carbocycles. The minimum atomic E-state index is -0.0180. The van der Waals surface area contributed by atoms with Crippen molar-refractivity contribution in [1.82, 2.24) is 4.98 Å². The van der Waals surface area contributed by atoms with Crippen molar-refractivity contribution in [2.75, 3.05) is 11.9 Å². The first-order valence-corrected chi connectivity index (χ1v) is 10.1. The molecule has 0 saturated carbocycles. The largest absolute Gasteiger partial charge is 0.494 e. The highest BCUT2D eigenvalue weighted by Gasteiger charge is 2.13. The second-order valence-corrected chi connectivity index (χ2v) is 7.33. The number of amides is 1. The number of hydrogen-bond acceptors (Lipinski definition) is 4. The average molecular weight is 381 g/mol. The van der Waals surface area contributed by atoms with Crippen molar-refractivity contribution in [3.63, 3.8) is 0 Å². The molecule has 2 aromatic carbocycles. The van der Waals surface area contributed by atoms with Crippen LogP contribution in [-0.2, 0) is 4.79 Å². The van der Waals surface area contributed by atoms with E-state index in [4.69, 9.17) is 4.74 Å². The van der Waals surface area contributed by atoms with Crippen LogP contribution in [-0.4, -0.2) is 17.5 Å². The zero-order valence-corrected chi connectivity index (χ0v) is 16.5. The number of carbonyl (C=O) groups excluding carboxylic acids is 1. The van der Waals surface area contributed by atoms with Gasteiger partial charge >= 0.3 is 0 Å². The van der Waals surface area contributed by atoms with Crippen LogP contribution in [0.25, 0.3) is 11.3 Å². The van der Waals surface area contributed by atoms with Crippen LogP contribution in [0.2, 0.25) is 0 Å². The highest BCUT2D eigenvalue weighted by atomic mass is 32.1. The Hall–Kier alpha value is -2.66. The van der Waals surface area contributed by atoms with E-state index in [1.54, 1.807) is 0 Å². The molecule has 5 heteroatoms. The first-order chi connectivity index (χ1) is 13.2. The molecule has 27 heavy (non-hydrogen) atoms. The van der Waals surface area contributed by atoms with E-state index < -0.39 is 0 Å². The number of nitrogens with one attached hydrogen (secondary N) is 1. The first kappa shape index (κ1) is 19.1. The van der Waals surface area contributed by atoms with Crippen molar-refractivity contribution in [2.45, 2.75) is 32.6 Å². The zero-order valence-electron chi connectivity index (χ0n) is 15.6. The lowest BCUT2D eigenvalue weighted by Crippen LogP contribution is -2.14. The fraction of sp³-hybridized carbons (Fsp3) is 0.273. The van der Waals surface area contributed by atoms with Gasteiger partial charge in [0.15, 0.2) is 5.13 Å². The average Bonchev–Trinajstić information content (AvgIpc) is 3.15. The number of hydrogen-bond donors (Lipinski definition) is 1. The number of rotatable bonds is 8. The Balaban J connectivity index is 1.58. The number of anilines is 1. The Labute approximate surface area is 164 Å². The highest BCUT2D eigenvalue weighted by Crippen LogP contribution is 2.27. The van der Waals surface area contributed by atoms with Gasteiger partial charge in [0.25, 0.3) is 0 Å². The van der Waals surface area contributed by atoms with Gasteiger partial charge in [-0.05, 0) is 42.2 Å². The normalized spacial score (nSPS) is 11.8. The van der Waals surface area contributed by atoms with E-state index in [1.165, 1.54) is 11.3 Å². The van der Waals surface area contributed by atoms with Gasteiger partial charge in [-0.2, -0.15) is 0 Å². The van der Waals surface area contributed by atoms with E-state index in [-0.39, 0.29) is 11.8 Å². The minimum absolute atomic E-state index is 0.0180. The topological polar surface area (TPSA) is 51.2 Å². The smallest absolute Gasteiger partial charge is 0.226 e. The van der Waals surface area contributed by atoms with E-state index in [9.17, 15) is 4.79 Å². The van der Waals surface area contributed by atoms with Crippen molar-refractivity contribution < 1.29 is 9.53 Å². The molecule has 1 atom stereocenters. The van der Waals surface area contributed by atoms with Crippen molar-refractivity contribution in [2.24, 2.45) is 0 Å². The van der Waals surface area contributed by atoms with Crippen molar-refractivity contribution in [3.8, 4) is 17.0 Å². The third-order valence-corrected chi connectivity index (χ3v) is 4.99. The van der Waals surface area contributed by atoms with E-state index in [1.807, 2.05) is 60.0 Å². The summed E-state index contributed by atoms with van der Waals surface area (Å²) in [6, 6.07) is 17.9. The summed E-state index contributed by atoms with van der Waals surface area (Å²) in [5.41, 5.74) is 3.03. The number of ether oxygens (including phenoxy) is 1. The number of carbonyl (C=O) groups is 1. The molecule has 4 nitrogen and oxygen atoms in total. The third kappa shape index (κ3) is 5.41. The number of thiazole rings is 1. The summed E-state index contributed by atoms with van der Waals surface area (Å²) in [5, 5.41) is 5.50. The molecule has 140 valence electrons. The predicted octanol–water partition coefficient (Wildman–Crippen LogP) is 5.73. The highest BCUT2D eigenvalue weighted by molar-refractivity contribution is 7.14. The summed E-state index contributed by atoms with van der Waals surface area (Å²) in [7, 11) is 0. The molecule has 0 saturated heterocycles. The third-order valence-electron chi connectivity index (χ3n) is 4.23. The SMILES string of the molecule is CCCOc1ccc(-c2csc(NC(=O)C[C@H](C)c3ccccc3)n2)cc1. The lowest BCUT2D eigenvalue weighted by molar-refractivity contribution is -0.116. The Morgan fingerprint density at radius 2 is 1.89 bits per heavy atom. The molecule has 0 bridgehead atoms. The molecular formula is C22H24N2O2S. The summed E-state index contributed by atoms with van der Waals surface area (Å²) in [4.78, 5) is 16.9. The molecule has 0 radical (unpaired) electrons. The van der Waals surface area contributed by atoms with Gasteiger partial charge in [0.2, 0.25) is 5.91 Å². The summed E-state index contributed by atoms with van der Waals surface area (Å²) in [6.07, 6.45) is 1.42. The maximum atomic E-state index is 12.3. The van der Waals surface area contributed by atoms with Crippen molar-refractivity contribution >= 4 is 22.4 Å². The van der Waals surface area contributed by atoms with Crippen LogP contribution in [0.5, 0.6) is 5.75 Å².